The van der Waals surface area contributed by atoms with Crippen LogP contribution >= 0.6 is 15.9 Å². The van der Waals surface area contributed by atoms with Gasteiger partial charge in [-0.1, -0.05) is 12.8 Å². The molecule has 0 aliphatic heterocycles. The fourth-order valence-electron chi connectivity index (χ4n) is 2.75. The first-order valence-electron chi connectivity index (χ1n) is 7.55. The zero-order valence-electron chi connectivity index (χ0n) is 12.4. The fourth-order valence-corrected chi connectivity index (χ4v) is 3.39. The number of hydrogen-bond donors (Lipinski definition) is 1. The Hall–Kier alpha value is -0.680. The van der Waals surface area contributed by atoms with Gasteiger partial charge in [-0.25, -0.2) is 9.97 Å². The van der Waals surface area contributed by atoms with Crippen molar-refractivity contribution in [2.45, 2.75) is 51.4 Å². The van der Waals surface area contributed by atoms with E-state index in [1.807, 2.05) is 0 Å². The zero-order valence-corrected chi connectivity index (χ0v) is 14.0. The Labute approximate surface area is 129 Å². The van der Waals surface area contributed by atoms with E-state index in [0.29, 0.717) is 5.92 Å². The third-order valence-corrected chi connectivity index (χ3v) is 4.54. The van der Waals surface area contributed by atoms with Gasteiger partial charge in [-0.15, -0.1) is 0 Å². The summed E-state index contributed by atoms with van der Waals surface area (Å²) in [6.45, 7) is 3.72. The smallest absolute Gasteiger partial charge is 0.144 e. The minimum absolute atomic E-state index is 0.589. The van der Waals surface area contributed by atoms with Gasteiger partial charge < -0.3 is 10.1 Å². The van der Waals surface area contributed by atoms with E-state index in [-0.39, 0.29) is 0 Å². The maximum atomic E-state index is 5.11. The summed E-state index contributed by atoms with van der Waals surface area (Å²) in [6.07, 6.45) is 6.97. The van der Waals surface area contributed by atoms with Crippen LogP contribution in [-0.2, 0) is 11.2 Å². The first kappa shape index (κ1) is 15.7. The van der Waals surface area contributed by atoms with E-state index in [1.54, 1.807) is 7.11 Å². The van der Waals surface area contributed by atoms with E-state index in [4.69, 9.17) is 9.72 Å². The highest BCUT2D eigenvalue weighted by molar-refractivity contribution is 9.10. The standard InChI is InChI=1S/C15H24BrN3O/c1-3-17-15-13(16)14(11-7-4-5-8-11)18-12(19-15)9-6-10-20-2/h11H,3-10H2,1-2H3,(H,17,18,19). The molecule has 0 bridgehead atoms. The molecule has 0 saturated heterocycles. The normalized spacial score (nSPS) is 15.8. The van der Waals surface area contributed by atoms with Gasteiger partial charge in [-0.3, -0.25) is 0 Å². The van der Waals surface area contributed by atoms with Crippen LogP contribution in [0.25, 0.3) is 0 Å². The highest BCUT2D eigenvalue weighted by Crippen LogP contribution is 2.38. The van der Waals surface area contributed by atoms with E-state index in [2.05, 4.69) is 33.2 Å². The summed E-state index contributed by atoms with van der Waals surface area (Å²) in [6, 6.07) is 0. The maximum absolute atomic E-state index is 5.11. The van der Waals surface area contributed by atoms with Gasteiger partial charge in [0.25, 0.3) is 0 Å². The van der Waals surface area contributed by atoms with Gasteiger partial charge in [0.2, 0.25) is 0 Å². The van der Waals surface area contributed by atoms with Crippen molar-refractivity contribution in [3.8, 4) is 0 Å². The van der Waals surface area contributed by atoms with E-state index in [9.17, 15) is 0 Å². The Balaban J connectivity index is 2.23. The molecule has 5 heteroatoms. The Morgan fingerprint density at radius 2 is 2.05 bits per heavy atom. The molecule has 0 radical (unpaired) electrons. The summed E-state index contributed by atoms with van der Waals surface area (Å²) in [7, 11) is 1.73. The highest BCUT2D eigenvalue weighted by atomic mass is 79.9. The number of methoxy groups -OCH3 is 1. The summed E-state index contributed by atoms with van der Waals surface area (Å²) in [5.41, 5.74) is 1.20. The Kier molecular flexibility index (Phi) is 6.23. The van der Waals surface area contributed by atoms with Crippen molar-refractivity contribution in [1.82, 2.24) is 9.97 Å². The molecule has 0 spiro atoms. The number of aromatic nitrogens is 2. The van der Waals surface area contributed by atoms with Crippen molar-refractivity contribution >= 4 is 21.7 Å². The van der Waals surface area contributed by atoms with Crippen LogP contribution in [0.1, 0.15) is 56.5 Å². The zero-order chi connectivity index (χ0) is 14.4. The number of anilines is 1. The molecule has 1 heterocycles. The van der Waals surface area contributed by atoms with Crippen LogP contribution in [0.3, 0.4) is 0 Å². The van der Waals surface area contributed by atoms with Gasteiger partial charge in [0, 0.05) is 32.6 Å². The van der Waals surface area contributed by atoms with Crippen molar-refractivity contribution in [3.05, 3.63) is 16.0 Å². The van der Waals surface area contributed by atoms with Crippen molar-refractivity contribution < 1.29 is 4.74 Å². The molecule has 1 fully saturated rings. The average Bonchev–Trinajstić information content (AvgIpc) is 2.96. The molecule has 112 valence electrons. The minimum Gasteiger partial charge on any atom is -0.385 e. The second kappa shape index (κ2) is 7.93. The lowest BCUT2D eigenvalue weighted by Crippen LogP contribution is -2.10. The highest BCUT2D eigenvalue weighted by Gasteiger charge is 2.23. The number of nitrogens with zero attached hydrogens (tertiary/aromatic N) is 2. The van der Waals surface area contributed by atoms with Gasteiger partial charge in [-0.05, 0) is 42.1 Å². The van der Waals surface area contributed by atoms with Crippen molar-refractivity contribution in [3.63, 3.8) is 0 Å². The molecule has 1 N–H and O–H groups in total. The molecular formula is C15H24BrN3O. The molecule has 0 unspecified atom stereocenters. The largest absolute Gasteiger partial charge is 0.385 e. The number of hydrogen-bond acceptors (Lipinski definition) is 4. The Morgan fingerprint density at radius 1 is 1.30 bits per heavy atom. The maximum Gasteiger partial charge on any atom is 0.144 e. The number of aryl methyl sites for hydroxylation is 1. The second-order valence-electron chi connectivity index (χ2n) is 5.30. The monoisotopic (exact) mass is 341 g/mol. The van der Waals surface area contributed by atoms with Gasteiger partial charge in [0.15, 0.2) is 0 Å². The molecule has 4 nitrogen and oxygen atoms in total. The predicted octanol–water partition coefficient (Wildman–Crippen LogP) is 3.91. The lowest BCUT2D eigenvalue weighted by atomic mass is 10.0. The first-order chi connectivity index (χ1) is 9.76. The number of ether oxygens (including phenoxy) is 1. The second-order valence-corrected chi connectivity index (χ2v) is 6.09. The van der Waals surface area contributed by atoms with Gasteiger partial charge in [0.1, 0.15) is 11.6 Å². The van der Waals surface area contributed by atoms with E-state index in [0.717, 1.165) is 42.1 Å². The first-order valence-corrected chi connectivity index (χ1v) is 8.34. The average molecular weight is 342 g/mol. The summed E-state index contributed by atoms with van der Waals surface area (Å²) in [5.74, 6) is 2.46. The van der Waals surface area contributed by atoms with Crippen LogP contribution in [0, 0.1) is 0 Å². The third-order valence-electron chi connectivity index (χ3n) is 3.76. The summed E-state index contributed by atoms with van der Waals surface area (Å²) in [5, 5.41) is 3.34. The minimum atomic E-state index is 0.589. The molecule has 0 atom stereocenters. The summed E-state index contributed by atoms with van der Waals surface area (Å²) < 4.78 is 6.17. The molecule has 20 heavy (non-hydrogen) atoms. The predicted molar refractivity (Wildman–Crippen MR) is 85.3 cm³/mol. The van der Waals surface area contributed by atoms with Gasteiger partial charge in [-0.2, -0.15) is 0 Å². The lowest BCUT2D eigenvalue weighted by Gasteiger charge is -2.16. The molecule has 1 saturated carbocycles. The number of rotatable bonds is 7. The van der Waals surface area contributed by atoms with E-state index >= 15 is 0 Å². The number of halogens is 1. The number of nitrogens with one attached hydrogen (secondary N) is 1. The van der Waals surface area contributed by atoms with Crippen LogP contribution in [-0.4, -0.2) is 30.2 Å². The van der Waals surface area contributed by atoms with E-state index < -0.39 is 0 Å². The summed E-state index contributed by atoms with van der Waals surface area (Å²) >= 11 is 3.70. The topological polar surface area (TPSA) is 47.0 Å². The molecule has 0 amide bonds. The Morgan fingerprint density at radius 3 is 2.70 bits per heavy atom. The van der Waals surface area contributed by atoms with Crippen LogP contribution in [0.4, 0.5) is 5.82 Å². The fraction of sp³-hybridized carbons (Fsp3) is 0.733. The van der Waals surface area contributed by atoms with Crippen molar-refractivity contribution in [1.29, 1.82) is 0 Å². The lowest BCUT2D eigenvalue weighted by molar-refractivity contribution is 0.194. The molecule has 1 aliphatic rings. The summed E-state index contributed by atoms with van der Waals surface area (Å²) in [4.78, 5) is 9.46. The van der Waals surface area contributed by atoms with Gasteiger partial charge >= 0.3 is 0 Å². The van der Waals surface area contributed by atoms with Crippen LogP contribution in [0.2, 0.25) is 0 Å². The van der Waals surface area contributed by atoms with E-state index in [1.165, 1.54) is 31.4 Å². The quantitative estimate of drug-likeness (QED) is 0.764. The van der Waals surface area contributed by atoms with Crippen molar-refractivity contribution in [2.75, 3.05) is 25.6 Å². The molecule has 1 aromatic rings. The molecular weight excluding hydrogens is 318 g/mol. The van der Waals surface area contributed by atoms with Crippen LogP contribution < -0.4 is 5.32 Å². The van der Waals surface area contributed by atoms with Crippen molar-refractivity contribution in [2.24, 2.45) is 0 Å². The van der Waals surface area contributed by atoms with Crippen LogP contribution in [0.5, 0.6) is 0 Å². The molecule has 1 aliphatic carbocycles. The van der Waals surface area contributed by atoms with Crippen LogP contribution in [0.15, 0.2) is 4.47 Å². The third kappa shape index (κ3) is 3.92. The molecule has 0 aromatic carbocycles. The SMILES string of the molecule is CCNc1nc(CCCOC)nc(C2CCCC2)c1Br. The van der Waals surface area contributed by atoms with Gasteiger partial charge in [0.05, 0.1) is 10.2 Å². The molecule has 2 rings (SSSR count). The molecule has 1 aromatic heterocycles. The Bertz CT molecular complexity index is 433.